The van der Waals surface area contributed by atoms with Crippen LogP contribution in [0.3, 0.4) is 0 Å². The van der Waals surface area contributed by atoms with E-state index in [4.69, 9.17) is 16.3 Å². The molecule has 10 heteroatoms. The molecule has 37 heavy (non-hydrogen) atoms. The minimum atomic E-state index is -0.672. The number of ether oxygens (including phenoxy) is 1. The first-order chi connectivity index (χ1) is 17.9. The summed E-state index contributed by atoms with van der Waals surface area (Å²) in [5.74, 6) is -2.72. The lowest BCUT2D eigenvalue weighted by molar-refractivity contribution is -0.122. The van der Waals surface area contributed by atoms with Crippen molar-refractivity contribution >= 4 is 34.8 Å². The fraction of sp³-hybridized carbons (Fsp3) is 0.296. The Morgan fingerprint density at radius 1 is 0.973 bits per heavy atom. The molecule has 2 amide bonds. The van der Waals surface area contributed by atoms with Gasteiger partial charge >= 0.3 is 0 Å². The molecule has 3 atom stereocenters. The number of benzene rings is 2. The van der Waals surface area contributed by atoms with E-state index in [1.165, 1.54) is 22.8 Å². The summed E-state index contributed by atoms with van der Waals surface area (Å²) in [6.07, 6.45) is 1.54. The topological polar surface area (TPSA) is 92.7 Å². The van der Waals surface area contributed by atoms with Crippen molar-refractivity contribution in [1.82, 2.24) is 9.47 Å². The molecule has 0 unspecified atom stereocenters. The molecule has 0 radical (unpaired) electrons. The van der Waals surface area contributed by atoms with Crippen LogP contribution in [0.15, 0.2) is 71.7 Å². The van der Waals surface area contributed by atoms with E-state index in [0.29, 0.717) is 36.2 Å². The Balaban J connectivity index is 1.31. The number of rotatable bonds is 7. The molecule has 0 spiro atoms. The summed E-state index contributed by atoms with van der Waals surface area (Å²) in [4.78, 5) is 40.6. The first kappa shape index (κ1) is 25.1. The molecule has 1 aliphatic heterocycles. The average Bonchev–Trinajstić information content (AvgIpc) is 3.61. The van der Waals surface area contributed by atoms with Gasteiger partial charge in [-0.25, -0.2) is 4.39 Å². The number of hydrogen-bond acceptors (Lipinski definition) is 5. The van der Waals surface area contributed by atoms with Crippen LogP contribution >= 0.6 is 11.6 Å². The highest BCUT2D eigenvalue weighted by atomic mass is 35.5. The molecule has 2 fully saturated rings. The average molecular weight is 525 g/mol. The molecule has 1 saturated heterocycles. The predicted molar refractivity (Wildman–Crippen MR) is 138 cm³/mol. The lowest BCUT2D eigenvalue weighted by Gasteiger charge is -2.26. The van der Waals surface area contributed by atoms with Crippen LogP contribution in [0.5, 0.6) is 0 Å². The van der Waals surface area contributed by atoms with E-state index in [2.05, 4.69) is 15.5 Å². The smallest absolute Gasteiger partial charge is 0.255 e. The number of carbonyl (C=O) groups excluding carboxylic acids is 2. The van der Waals surface area contributed by atoms with Crippen molar-refractivity contribution in [2.45, 2.75) is 0 Å². The zero-order chi connectivity index (χ0) is 25.9. The van der Waals surface area contributed by atoms with Gasteiger partial charge in [0.15, 0.2) is 0 Å². The van der Waals surface area contributed by atoms with Crippen molar-refractivity contribution in [1.29, 1.82) is 0 Å². The van der Waals surface area contributed by atoms with Crippen molar-refractivity contribution < 1.29 is 18.7 Å². The van der Waals surface area contributed by atoms with Crippen molar-refractivity contribution in [2.24, 2.45) is 17.8 Å². The maximum Gasteiger partial charge on any atom is 0.255 e. The van der Waals surface area contributed by atoms with E-state index in [-0.39, 0.29) is 23.1 Å². The highest BCUT2D eigenvalue weighted by Crippen LogP contribution is 2.48. The summed E-state index contributed by atoms with van der Waals surface area (Å²) in [5, 5.41) is 6.06. The van der Waals surface area contributed by atoms with Gasteiger partial charge in [-0.15, -0.1) is 0 Å². The Kier molecular flexibility index (Phi) is 7.36. The van der Waals surface area contributed by atoms with Gasteiger partial charge in [0.05, 0.1) is 36.4 Å². The number of nitrogens with one attached hydrogen (secondary N) is 2. The second-order valence-electron chi connectivity index (χ2n) is 9.19. The zero-order valence-corrected chi connectivity index (χ0v) is 20.7. The number of amides is 2. The third-order valence-electron chi connectivity index (χ3n) is 6.77. The summed E-state index contributed by atoms with van der Waals surface area (Å²) in [6, 6.07) is 15.6. The molecule has 2 aromatic carbocycles. The van der Waals surface area contributed by atoms with E-state index >= 15 is 0 Å². The van der Waals surface area contributed by atoms with Crippen LogP contribution < -0.4 is 16.2 Å². The van der Waals surface area contributed by atoms with Gasteiger partial charge in [0.2, 0.25) is 11.8 Å². The number of halogens is 2. The fourth-order valence-corrected chi connectivity index (χ4v) is 4.89. The van der Waals surface area contributed by atoms with Crippen molar-refractivity contribution in [3.8, 4) is 5.69 Å². The molecule has 1 saturated carbocycles. The summed E-state index contributed by atoms with van der Waals surface area (Å²) in [5.41, 5.74) is 0.630. The first-order valence-electron chi connectivity index (χ1n) is 12.1. The molecule has 192 valence electrons. The van der Waals surface area contributed by atoms with Crippen LogP contribution in [-0.2, 0) is 14.3 Å². The normalized spacial score (nSPS) is 21.3. The van der Waals surface area contributed by atoms with Crippen molar-refractivity contribution in [3.05, 3.63) is 88.1 Å². The monoisotopic (exact) mass is 524 g/mol. The Bertz CT molecular complexity index is 1360. The van der Waals surface area contributed by atoms with Crippen LogP contribution in [0.4, 0.5) is 15.8 Å². The highest BCUT2D eigenvalue weighted by molar-refractivity contribution is 6.30. The first-order valence-corrected chi connectivity index (χ1v) is 12.4. The van der Waals surface area contributed by atoms with E-state index in [1.807, 2.05) is 0 Å². The number of pyridine rings is 1. The van der Waals surface area contributed by atoms with Gasteiger partial charge in [0.1, 0.15) is 5.82 Å². The third kappa shape index (κ3) is 5.74. The summed E-state index contributed by atoms with van der Waals surface area (Å²) < 4.78 is 21.6. The molecule has 1 aromatic heterocycles. The molecule has 2 N–H and O–H groups in total. The van der Waals surface area contributed by atoms with E-state index in [0.717, 1.165) is 13.1 Å². The standard InChI is InChI=1S/C27H26ClFN4O4/c28-17-4-6-18(7-5-17)30-26(35)24-20(16-32-11-13-37-14-12-32)25(24)27(36)31-22-9-8-19(15-21(22)29)33-10-2-1-3-23(33)34/h1-10,15,20,24-25H,11-14,16H2,(H,30,35)(H,31,36)/t20-,24-,25+/m0/s1. The Labute approximate surface area is 218 Å². The summed E-state index contributed by atoms with van der Waals surface area (Å²) in [6.45, 7) is 3.23. The number of hydrogen-bond donors (Lipinski definition) is 2. The summed E-state index contributed by atoms with van der Waals surface area (Å²) in [7, 11) is 0. The molecular weight excluding hydrogens is 499 g/mol. The largest absolute Gasteiger partial charge is 0.379 e. The Morgan fingerprint density at radius 2 is 1.68 bits per heavy atom. The van der Waals surface area contributed by atoms with Crippen LogP contribution in [0.25, 0.3) is 5.69 Å². The second-order valence-corrected chi connectivity index (χ2v) is 9.62. The van der Waals surface area contributed by atoms with Crippen molar-refractivity contribution in [2.75, 3.05) is 43.5 Å². The fourth-order valence-electron chi connectivity index (χ4n) is 4.77. The lowest BCUT2D eigenvalue weighted by Crippen LogP contribution is -2.38. The van der Waals surface area contributed by atoms with E-state index < -0.39 is 23.6 Å². The van der Waals surface area contributed by atoms with Gasteiger partial charge in [-0.2, -0.15) is 0 Å². The van der Waals surface area contributed by atoms with Gasteiger partial charge in [0.25, 0.3) is 5.56 Å². The highest BCUT2D eigenvalue weighted by Gasteiger charge is 2.59. The van der Waals surface area contributed by atoms with Crippen LogP contribution in [0.2, 0.25) is 5.02 Å². The van der Waals surface area contributed by atoms with Gasteiger partial charge in [-0.3, -0.25) is 23.9 Å². The molecule has 8 nitrogen and oxygen atoms in total. The predicted octanol–water partition coefficient (Wildman–Crippen LogP) is 3.40. The van der Waals surface area contributed by atoms with Gasteiger partial charge in [0, 0.05) is 48.7 Å². The van der Waals surface area contributed by atoms with Crippen LogP contribution in [-0.4, -0.2) is 54.1 Å². The third-order valence-corrected chi connectivity index (χ3v) is 7.02. The van der Waals surface area contributed by atoms with Gasteiger partial charge < -0.3 is 15.4 Å². The van der Waals surface area contributed by atoms with E-state index in [9.17, 15) is 18.8 Å². The van der Waals surface area contributed by atoms with Crippen LogP contribution in [0.1, 0.15) is 0 Å². The SMILES string of the molecule is O=C(Nc1ccc(-n2ccccc2=O)cc1F)[C@@H]1[C@@H](CN2CCOCC2)[C@@H]1C(=O)Nc1ccc(Cl)cc1. The molecule has 2 heterocycles. The van der Waals surface area contributed by atoms with E-state index in [1.54, 1.807) is 48.7 Å². The molecule has 2 aliphatic rings. The quantitative estimate of drug-likeness (QED) is 0.494. The zero-order valence-electron chi connectivity index (χ0n) is 19.9. The van der Waals surface area contributed by atoms with Gasteiger partial charge in [-0.1, -0.05) is 17.7 Å². The minimum Gasteiger partial charge on any atom is -0.379 e. The number of morpholine rings is 1. The number of aromatic nitrogens is 1. The molecule has 5 rings (SSSR count). The van der Waals surface area contributed by atoms with Crippen LogP contribution in [0, 0.1) is 23.6 Å². The number of anilines is 2. The maximum absolute atomic E-state index is 14.9. The Hall–Kier alpha value is -3.53. The minimum absolute atomic E-state index is 0.00777. The maximum atomic E-state index is 14.9. The Morgan fingerprint density at radius 3 is 2.35 bits per heavy atom. The number of nitrogens with zero attached hydrogens (tertiary/aromatic N) is 2. The van der Waals surface area contributed by atoms with Crippen molar-refractivity contribution in [3.63, 3.8) is 0 Å². The lowest BCUT2D eigenvalue weighted by atomic mass is 10.2. The van der Waals surface area contributed by atoms with Gasteiger partial charge in [-0.05, 0) is 48.4 Å². The molecule has 3 aromatic rings. The molecular formula is C27H26ClFN4O4. The molecule has 1 aliphatic carbocycles. The summed E-state index contributed by atoms with van der Waals surface area (Å²) >= 11 is 5.93. The second kappa shape index (κ2) is 10.8. The molecule has 0 bridgehead atoms. The number of carbonyl (C=O) groups is 2.